The maximum atomic E-state index is 12.2. The topological polar surface area (TPSA) is 42.0 Å². The van der Waals surface area contributed by atoms with E-state index in [-0.39, 0.29) is 16.1 Å². The molecule has 0 aliphatic heterocycles. The number of rotatable bonds is 2. The number of aromatic nitrogens is 1. The molecule has 0 aliphatic rings. The first-order valence-corrected chi connectivity index (χ1v) is 6.43. The van der Waals surface area contributed by atoms with Crippen LogP contribution in [-0.4, -0.2) is 10.9 Å². The van der Waals surface area contributed by atoms with Crippen molar-refractivity contribution in [1.29, 1.82) is 0 Å². The molecule has 0 atom stereocenters. The van der Waals surface area contributed by atoms with E-state index in [0.717, 1.165) is 16.8 Å². The molecule has 2 aromatic rings. The normalized spacial score (nSPS) is 10.3. The molecule has 2 rings (SSSR count). The van der Waals surface area contributed by atoms with E-state index in [9.17, 15) is 4.79 Å². The van der Waals surface area contributed by atoms with Crippen molar-refractivity contribution in [2.24, 2.45) is 0 Å². The summed E-state index contributed by atoms with van der Waals surface area (Å²) >= 11 is 11.7. The zero-order chi connectivity index (χ0) is 14.0. The van der Waals surface area contributed by atoms with Crippen LogP contribution in [0, 0.1) is 13.8 Å². The number of aryl methyl sites for hydroxylation is 2. The van der Waals surface area contributed by atoms with Crippen molar-refractivity contribution in [1.82, 2.24) is 4.98 Å². The van der Waals surface area contributed by atoms with Crippen molar-refractivity contribution in [2.45, 2.75) is 13.8 Å². The molecule has 0 saturated carbocycles. The third kappa shape index (κ3) is 3.06. The number of carbonyl (C=O) groups is 1. The Labute approximate surface area is 121 Å². The molecule has 3 nitrogen and oxygen atoms in total. The fourth-order valence-electron chi connectivity index (χ4n) is 1.78. The van der Waals surface area contributed by atoms with E-state index in [2.05, 4.69) is 10.3 Å². The molecule has 0 saturated heterocycles. The van der Waals surface area contributed by atoms with Crippen molar-refractivity contribution < 1.29 is 4.79 Å². The number of anilines is 1. The lowest BCUT2D eigenvalue weighted by molar-refractivity contribution is 0.102. The van der Waals surface area contributed by atoms with E-state index in [1.54, 1.807) is 0 Å². The number of carbonyl (C=O) groups excluding carboxylic acids is 1. The number of halogens is 2. The molecule has 1 aromatic carbocycles. The fraction of sp³-hybridized carbons (Fsp3) is 0.143. The number of nitrogens with one attached hydrogen (secondary N) is 1. The van der Waals surface area contributed by atoms with Crippen molar-refractivity contribution in [3.8, 4) is 0 Å². The zero-order valence-electron chi connectivity index (χ0n) is 10.5. The number of benzene rings is 1. The Kier molecular flexibility index (Phi) is 4.08. The van der Waals surface area contributed by atoms with Gasteiger partial charge in [-0.2, -0.15) is 0 Å². The molecule has 5 heteroatoms. The monoisotopic (exact) mass is 294 g/mol. The summed E-state index contributed by atoms with van der Waals surface area (Å²) in [5.74, 6) is -0.299. The number of para-hydroxylation sites is 1. The molecule has 98 valence electrons. The second-order valence-corrected chi connectivity index (χ2v) is 5.00. The molecule has 0 bridgehead atoms. The number of hydrogen-bond donors (Lipinski definition) is 1. The molecular weight excluding hydrogens is 283 g/mol. The summed E-state index contributed by atoms with van der Waals surface area (Å²) in [5, 5.41) is 3.36. The van der Waals surface area contributed by atoms with Gasteiger partial charge in [0, 0.05) is 11.9 Å². The second-order valence-electron chi connectivity index (χ2n) is 4.21. The summed E-state index contributed by atoms with van der Waals surface area (Å²) in [6, 6.07) is 7.26. The first kappa shape index (κ1) is 13.8. The Morgan fingerprint density at radius 1 is 1.21 bits per heavy atom. The minimum atomic E-state index is -0.299. The van der Waals surface area contributed by atoms with E-state index in [0.29, 0.717) is 5.56 Å². The summed E-state index contributed by atoms with van der Waals surface area (Å²) in [6.45, 7) is 3.87. The molecule has 1 amide bonds. The third-order valence-corrected chi connectivity index (χ3v) is 3.29. The first-order chi connectivity index (χ1) is 8.99. The lowest BCUT2D eigenvalue weighted by Gasteiger charge is -2.12. The Morgan fingerprint density at radius 3 is 2.47 bits per heavy atom. The Balaban J connectivity index is 2.34. The van der Waals surface area contributed by atoms with Crippen molar-refractivity contribution >= 4 is 34.8 Å². The summed E-state index contributed by atoms with van der Waals surface area (Å²) in [5.41, 5.74) is 3.08. The van der Waals surface area contributed by atoms with Crippen molar-refractivity contribution in [3.63, 3.8) is 0 Å². The maximum absolute atomic E-state index is 12.2. The van der Waals surface area contributed by atoms with Crippen LogP contribution in [0.5, 0.6) is 0 Å². The van der Waals surface area contributed by atoms with Crippen molar-refractivity contribution in [3.05, 3.63) is 57.3 Å². The first-order valence-electron chi connectivity index (χ1n) is 5.67. The highest BCUT2D eigenvalue weighted by molar-refractivity contribution is 6.35. The van der Waals surface area contributed by atoms with Crippen LogP contribution >= 0.6 is 23.2 Å². The van der Waals surface area contributed by atoms with Crippen LogP contribution < -0.4 is 5.32 Å². The van der Waals surface area contributed by atoms with Crippen LogP contribution in [0.3, 0.4) is 0 Å². The van der Waals surface area contributed by atoms with Crippen LogP contribution in [0.15, 0.2) is 30.5 Å². The summed E-state index contributed by atoms with van der Waals surface area (Å²) in [6.07, 6.45) is 1.36. The van der Waals surface area contributed by atoms with E-state index >= 15 is 0 Å². The lowest BCUT2D eigenvalue weighted by atomic mass is 10.1. The minimum absolute atomic E-state index is 0.232. The van der Waals surface area contributed by atoms with Gasteiger partial charge in [0.25, 0.3) is 5.91 Å². The van der Waals surface area contributed by atoms with E-state index < -0.39 is 0 Å². The predicted molar refractivity (Wildman–Crippen MR) is 78.1 cm³/mol. The van der Waals surface area contributed by atoms with Gasteiger partial charge in [0.1, 0.15) is 5.15 Å². The van der Waals surface area contributed by atoms with Crippen LogP contribution in [-0.2, 0) is 0 Å². The van der Waals surface area contributed by atoms with Gasteiger partial charge in [-0.1, -0.05) is 41.4 Å². The number of amides is 1. The van der Waals surface area contributed by atoms with Gasteiger partial charge in [0.05, 0.1) is 10.6 Å². The zero-order valence-corrected chi connectivity index (χ0v) is 12.0. The number of nitrogens with zero attached hydrogens (tertiary/aromatic N) is 1. The molecule has 0 aliphatic carbocycles. The number of hydrogen-bond acceptors (Lipinski definition) is 2. The third-order valence-electron chi connectivity index (χ3n) is 2.79. The van der Waals surface area contributed by atoms with Gasteiger partial charge in [-0.3, -0.25) is 4.79 Å². The Morgan fingerprint density at radius 2 is 1.84 bits per heavy atom. The highest BCUT2D eigenvalue weighted by Crippen LogP contribution is 2.23. The molecule has 0 radical (unpaired) electrons. The highest BCUT2D eigenvalue weighted by atomic mass is 35.5. The Bertz CT molecular complexity index is 621. The molecule has 1 N–H and O–H groups in total. The van der Waals surface area contributed by atoms with Gasteiger partial charge in [0.2, 0.25) is 0 Å². The van der Waals surface area contributed by atoms with Gasteiger partial charge < -0.3 is 5.32 Å². The largest absolute Gasteiger partial charge is 0.321 e. The van der Waals surface area contributed by atoms with Crippen LogP contribution in [0.2, 0.25) is 10.2 Å². The summed E-state index contributed by atoms with van der Waals surface area (Å²) in [4.78, 5) is 16.0. The van der Waals surface area contributed by atoms with Gasteiger partial charge in [-0.25, -0.2) is 4.98 Å². The fourth-order valence-corrected chi connectivity index (χ4v) is 2.13. The average Bonchev–Trinajstić information content (AvgIpc) is 2.37. The van der Waals surface area contributed by atoms with Gasteiger partial charge in [-0.15, -0.1) is 0 Å². The second kappa shape index (κ2) is 5.59. The lowest BCUT2D eigenvalue weighted by Crippen LogP contribution is -2.14. The SMILES string of the molecule is Cc1cccc(C)c1NC(=O)c1cc(Cl)ncc1Cl. The smallest absolute Gasteiger partial charge is 0.257 e. The maximum Gasteiger partial charge on any atom is 0.257 e. The minimum Gasteiger partial charge on any atom is -0.321 e. The molecule has 0 spiro atoms. The Hall–Kier alpha value is -1.58. The van der Waals surface area contributed by atoms with Crippen LogP contribution in [0.1, 0.15) is 21.5 Å². The molecule has 0 fully saturated rings. The molecule has 1 heterocycles. The molecule has 1 aromatic heterocycles. The van der Waals surface area contributed by atoms with Gasteiger partial charge >= 0.3 is 0 Å². The molecule has 0 unspecified atom stereocenters. The van der Waals surface area contributed by atoms with Crippen LogP contribution in [0.25, 0.3) is 0 Å². The van der Waals surface area contributed by atoms with Crippen molar-refractivity contribution in [2.75, 3.05) is 5.32 Å². The van der Waals surface area contributed by atoms with Gasteiger partial charge in [0.15, 0.2) is 0 Å². The van der Waals surface area contributed by atoms with E-state index in [1.165, 1.54) is 12.3 Å². The van der Waals surface area contributed by atoms with E-state index in [4.69, 9.17) is 23.2 Å². The summed E-state index contributed by atoms with van der Waals surface area (Å²) in [7, 11) is 0. The number of pyridine rings is 1. The van der Waals surface area contributed by atoms with Gasteiger partial charge in [-0.05, 0) is 31.0 Å². The van der Waals surface area contributed by atoms with E-state index in [1.807, 2.05) is 32.0 Å². The standard InChI is InChI=1S/C14H12Cl2N2O/c1-8-4-3-5-9(2)13(8)18-14(19)10-6-12(16)17-7-11(10)15/h3-7H,1-2H3,(H,18,19). The predicted octanol–water partition coefficient (Wildman–Crippen LogP) is 4.26. The average molecular weight is 295 g/mol. The van der Waals surface area contributed by atoms with Crippen LogP contribution in [0.4, 0.5) is 5.69 Å². The highest BCUT2D eigenvalue weighted by Gasteiger charge is 2.13. The molecular formula is C14H12Cl2N2O. The summed E-state index contributed by atoms with van der Waals surface area (Å²) < 4.78 is 0. The molecule has 19 heavy (non-hydrogen) atoms. The quantitative estimate of drug-likeness (QED) is 0.841.